The van der Waals surface area contributed by atoms with E-state index in [1.54, 1.807) is 0 Å². The van der Waals surface area contributed by atoms with Crippen molar-refractivity contribution in [1.29, 1.82) is 0 Å². The van der Waals surface area contributed by atoms with Crippen LogP contribution in [-0.2, 0) is 19.1 Å². The Morgan fingerprint density at radius 1 is 1.20 bits per heavy atom. The molecule has 116 valence electrons. The quantitative estimate of drug-likeness (QED) is 0.803. The number of rotatable bonds is 4. The minimum absolute atomic E-state index is 0.0411. The molecule has 0 aliphatic carbocycles. The summed E-state index contributed by atoms with van der Waals surface area (Å²) in [6, 6.07) is -0.296. The lowest BCUT2D eigenvalue weighted by Crippen LogP contribution is -2.58. The topological polar surface area (TPSA) is 64.6 Å². The van der Waals surface area contributed by atoms with Gasteiger partial charge in [-0.2, -0.15) is 0 Å². The average Bonchev–Trinajstić information content (AvgIpc) is 2.29. The van der Waals surface area contributed by atoms with Crippen molar-refractivity contribution in [2.24, 2.45) is 17.8 Å². The first-order valence-corrected chi connectivity index (χ1v) is 7.32. The molecule has 20 heavy (non-hydrogen) atoms. The fourth-order valence-electron chi connectivity index (χ4n) is 2.73. The predicted octanol–water partition coefficient (Wildman–Crippen LogP) is 2.10. The Labute approximate surface area is 121 Å². The average molecular weight is 285 g/mol. The molecule has 1 fully saturated rings. The normalized spacial score (nSPS) is 33.9. The van der Waals surface area contributed by atoms with Gasteiger partial charge in [0.15, 0.2) is 0 Å². The zero-order chi connectivity index (χ0) is 15.4. The Bertz CT molecular complexity index is 356. The van der Waals surface area contributed by atoms with Crippen LogP contribution in [0.3, 0.4) is 0 Å². The molecular weight excluding hydrogens is 258 g/mol. The minimum Gasteiger partial charge on any atom is -0.434 e. The smallest absolute Gasteiger partial charge is 0.305 e. The van der Waals surface area contributed by atoms with Crippen LogP contribution in [0.25, 0.3) is 0 Å². The molecule has 5 atom stereocenters. The van der Waals surface area contributed by atoms with Crippen LogP contribution in [0.15, 0.2) is 0 Å². The predicted molar refractivity (Wildman–Crippen MR) is 75.8 cm³/mol. The maximum absolute atomic E-state index is 11.3. The summed E-state index contributed by atoms with van der Waals surface area (Å²) < 4.78 is 11.2. The molecule has 0 bridgehead atoms. The minimum atomic E-state index is -0.702. The SMILES string of the molecule is CC(=O)NC1[C@H](OC(C)=O)OC(CC(C)C)[C@@H](C)[C@@H]1C. The summed E-state index contributed by atoms with van der Waals surface area (Å²) >= 11 is 0. The van der Waals surface area contributed by atoms with Crippen LogP contribution in [0.4, 0.5) is 0 Å². The first kappa shape index (κ1) is 17.0. The molecule has 1 aliphatic rings. The second-order valence-electron chi connectivity index (χ2n) is 6.23. The standard InChI is InChI=1S/C15H27NO4/c1-8(2)7-13-9(3)10(4)14(16-11(5)17)15(20-13)19-12(6)18/h8-10,13-15H,7H2,1-6H3,(H,16,17)/t9-,10-,13?,14?,15+/m0/s1. The highest BCUT2D eigenvalue weighted by atomic mass is 16.7. The first-order valence-electron chi connectivity index (χ1n) is 7.32. The Morgan fingerprint density at radius 2 is 1.80 bits per heavy atom. The summed E-state index contributed by atoms with van der Waals surface area (Å²) in [5.41, 5.74) is 0. The van der Waals surface area contributed by atoms with Crippen molar-refractivity contribution in [3.05, 3.63) is 0 Å². The van der Waals surface area contributed by atoms with E-state index in [-0.39, 0.29) is 24.0 Å². The molecule has 0 radical (unpaired) electrons. The third kappa shape index (κ3) is 4.47. The fraction of sp³-hybridized carbons (Fsp3) is 0.867. The molecule has 0 aromatic heterocycles. The van der Waals surface area contributed by atoms with Crippen LogP contribution >= 0.6 is 0 Å². The van der Waals surface area contributed by atoms with Gasteiger partial charge in [-0.1, -0.05) is 27.7 Å². The molecule has 0 spiro atoms. The number of esters is 1. The third-order valence-corrected chi connectivity index (χ3v) is 3.94. The van der Waals surface area contributed by atoms with Crippen molar-refractivity contribution in [2.75, 3.05) is 0 Å². The Balaban J connectivity index is 2.88. The zero-order valence-electron chi connectivity index (χ0n) is 13.3. The molecule has 1 amide bonds. The van der Waals surface area contributed by atoms with Crippen molar-refractivity contribution >= 4 is 11.9 Å². The molecule has 1 N–H and O–H groups in total. The van der Waals surface area contributed by atoms with Gasteiger partial charge in [0, 0.05) is 13.8 Å². The maximum atomic E-state index is 11.3. The molecule has 5 nitrogen and oxygen atoms in total. The van der Waals surface area contributed by atoms with Gasteiger partial charge in [-0.05, 0) is 24.2 Å². The monoisotopic (exact) mass is 285 g/mol. The lowest BCUT2D eigenvalue weighted by atomic mass is 9.79. The summed E-state index contributed by atoms with van der Waals surface area (Å²) in [6.07, 6.45) is 0.251. The molecule has 0 saturated carbocycles. The lowest BCUT2D eigenvalue weighted by Gasteiger charge is -2.44. The summed E-state index contributed by atoms with van der Waals surface area (Å²) in [4.78, 5) is 22.6. The van der Waals surface area contributed by atoms with Gasteiger partial charge in [-0.15, -0.1) is 0 Å². The number of carbonyl (C=O) groups is 2. The van der Waals surface area contributed by atoms with Gasteiger partial charge in [-0.3, -0.25) is 9.59 Å². The number of ether oxygens (including phenoxy) is 2. The number of hydrogen-bond acceptors (Lipinski definition) is 4. The zero-order valence-corrected chi connectivity index (χ0v) is 13.3. The fourth-order valence-corrected chi connectivity index (χ4v) is 2.73. The van der Waals surface area contributed by atoms with E-state index < -0.39 is 12.3 Å². The van der Waals surface area contributed by atoms with Crippen LogP contribution in [-0.4, -0.2) is 30.3 Å². The van der Waals surface area contributed by atoms with Gasteiger partial charge in [-0.25, -0.2) is 0 Å². The summed E-state index contributed by atoms with van der Waals surface area (Å²) in [5, 5.41) is 2.85. The largest absolute Gasteiger partial charge is 0.434 e. The van der Waals surface area contributed by atoms with E-state index >= 15 is 0 Å². The maximum Gasteiger partial charge on any atom is 0.305 e. The molecule has 1 saturated heterocycles. The van der Waals surface area contributed by atoms with Gasteiger partial charge in [0.25, 0.3) is 0 Å². The van der Waals surface area contributed by atoms with Crippen molar-refractivity contribution in [2.45, 2.75) is 66.4 Å². The number of amides is 1. The van der Waals surface area contributed by atoms with Crippen LogP contribution < -0.4 is 5.32 Å². The van der Waals surface area contributed by atoms with E-state index in [2.05, 4.69) is 33.0 Å². The van der Waals surface area contributed by atoms with Crippen molar-refractivity contribution in [1.82, 2.24) is 5.32 Å². The van der Waals surface area contributed by atoms with Gasteiger partial charge in [0.05, 0.1) is 12.1 Å². The molecule has 5 heteroatoms. The molecule has 1 aliphatic heterocycles. The lowest BCUT2D eigenvalue weighted by molar-refractivity contribution is -0.233. The summed E-state index contributed by atoms with van der Waals surface area (Å²) in [6.45, 7) is 11.3. The summed E-state index contributed by atoms with van der Waals surface area (Å²) in [7, 11) is 0. The molecule has 2 unspecified atom stereocenters. The van der Waals surface area contributed by atoms with Crippen molar-refractivity contribution in [3.8, 4) is 0 Å². The van der Waals surface area contributed by atoms with Crippen molar-refractivity contribution in [3.63, 3.8) is 0 Å². The molecule has 0 aromatic carbocycles. The second-order valence-corrected chi connectivity index (χ2v) is 6.23. The Morgan fingerprint density at radius 3 is 2.25 bits per heavy atom. The van der Waals surface area contributed by atoms with Crippen LogP contribution in [0.2, 0.25) is 0 Å². The first-order chi connectivity index (χ1) is 9.22. The number of hydrogen-bond donors (Lipinski definition) is 1. The highest BCUT2D eigenvalue weighted by Crippen LogP contribution is 2.34. The summed E-state index contributed by atoms with van der Waals surface area (Å²) in [5.74, 6) is 0.444. The van der Waals surface area contributed by atoms with E-state index in [9.17, 15) is 9.59 Å². The molecule has 1 heterocycles. The van der Waals surface area contributed by atoms with E-state index in [0.717, 1.165) is 6.42 Å². The highest BCUT2D eigenvalue weighted by Gasteiger charge is 2.43. The van der Waals surface area contributed by atoms with E-state index in [0.29, 0.717) is 11.8 Å². The van der Waals surface area contributed by atoms with Gasteiger partial charge >= 0.3 is 5.97 Å². The number of carbonyl (C=O) groups excluding carboxylic acids is 2. The van der Waals surface area contributed by atoms with Gasteiger partial charge in [0.1, 0.15) is 0 Å². The highest BCUT2D eigenvalue weighted by molar-refractivity contribution is 5.73. The Hall–Kier alpha value is -1.10. The van der Waals surface area contributed by atoms with Gasteiger partial charge < -0.3 is 14.8 Å². The third-order valence-electron chi connectivity index (χ3n) is 3.94. The van der Waals surface area contributed by atoms with Crippen LogP contribution in [0.1, 0.15) is 48.0 Å². The number of nitrogens with one attached hydrogen (secondary N) is 1. The van der Waals surface area contributed by atoms with Crippen LogP contribution in [0, 0.1) is 17.8 Å². The van der Waals surface area contributed by atoms with Crippen LogP contribution in [0.5, 0.6) is 0 Å². The van der Waals surface area contributed by atoms with E-state index in [1.165, 1.54) is 13.8 Å². The molecular formula is C15H27NO4. The van der Waals surface area contributed by atoms with E-state index in [1.807, 2.05) is 0 Å². The second kappa shape index (κ2) is 7.07. The van der Waals surface area contributed by atoms with Crippen molar-refractivity contribution < 1.29 is 19.1 Å². The van der Waals surface area contributed by atoms with Gasteiger partial charge in [0.2, 0.25) is 12.2 Å². The molecule has 1 rings (SSSR count). The Kier molecular flexibility index (Phi) is 5.99. The molecule has 0 aromatic rings. The van der Waals surface area contributed by atoms with E-state index in [4.69, 9.17) is 9.47 Å².